The minimum atomic E-state index is -3.09. The lowest BCUT2D eigenvalue weighted by Gasteiger charge is -2.30. The second-order valence-corrected chi connectivity index (χ2v) is 8.65. The maximum absolute atomic E-state index is 11.4. The molecule has 0 saturated heterocycles. The smallest absolute Gasteiger partial charge is 0.175 e. The highest BCUT2D eigenvalue weighted by atomic mass is 32.2. The van der Waals surface area contributed by atoms with Crippen LogP contribution in [0, 0.1) is 0 Å². The van der Waals surface area contributed by atoms with E-state index in [0.29, 0.717) is 10.9 Å². The van der Waals surface area contributed by atoms with Crippen LogP contribution >= 0.6 is 0 Å². The van der Waals surface area contributed by atoms with E-state index in [-0.39, 0.29) is 0 Å². The fourth-order valence-corrected chi connectivity index (χ4v) is 3.98. The van der Waals surface area contributed by atoms with Gasteiger partial charge >= 0.3 is 0 Å². The van der Waals surface area contributed by atoms with Crippen molar-refractivity contribution in [3.05, 3.63) is 41.0 Å². The Bertz CT molecular complexity index is 643. The largest absolute Gasteiger partial charge is 0.310 e. The molecule has 0 radical (unpaired) electrons. The van der Waals surface area contributed by atoms with Crippen molar-refractivity contribution in [2.24, 2.45) is 0 Å². The molecule has 1 aromatic carbocycles. The molecule has 3 rings (SSSR count). The predicted molar refractivity (Wildman–Crippen MR) is 89.5 cm³/mol. The molecule has 2 aliphatic carbocycles. The standard InChI is InChI=1S/C18H25NO2S/c1-22(20,21)18-11-5-14(6-12-18)13-19-17-9-7-16(8-10-17)15-3-2-4-15/h5-6,11-12,17,19H,2-4,7-10,13H2,1H3. The van der Waals surface area contributed by atoms with Gasteiger partial charge in [0.1, 0.15) is 0 Å². The van der Waals surface area contributed by atoms with Gasteiger partial charge in [-0.15, -0.1) is 0 Å². The summed E-state index contributed by atoms with van der Waals surface area (Å²) >= 11 is 0. The third-order valence-electron chi connectivity index (χ3n) is 4.99. The van der Waals surface area contributed by atoms with Crippen molar-refractivity contribution in [1.29, 1.82) is 0 Å². The molecule has 22 heavy (non-hydrogen) atoms. The van der Waals surface area contributed by atoms with E-state index in [1.54, 1.807) is 23.3 Å². The van der Waals surface area contributed by atoms with E-state index in [4.69, 9.17) is 0 Å². The quantitative estimate of drug-likeness (QED) is 0.863. The number of allylic oxidation sites excluding steroid dienone is 2. The third-order valence-corrected chi connectivity index (χ3v) is 6.12. The van der Waals surface area contributed by atoms with Crippen LogP contribution in [0.2, 0.25) is 0 Å². The van der Waals surface area contributed by atoms with Crippen LogP contribution in [0.1, 0.15) is 50.5 Å². The summed E-state index contributed by atoms with van der Waals surface area (Å²) in [6.07, 6.45) is 10.3. The molecule has 0 bridgehead atoms. The summed E-state index contributed by atoms with van der Waals surface area (Å²) in [5, 5.41) is 3.62. The Morgan fingerprint density at radius 2 is 1.59 bits per heavy atom. The van der Waals surface area contributed by atoms with E-state index >= 15 is 0 Å². The van der Waals surface area contributed by atoms with Gasteiger partial charge in [0.15, 0.2) is 9.84 Å². The molecule has 2 saturated carbocycles. The Labute approximate surface area is 133 Å². The van der Waals surface area contributed by atoms with Gasteiger partial charge in [-0.3, -0.25) is 0 Å². The number of hydrogen-bond acceptors (Lipinski definition) is 3. The number of sulfone groups is 1. The van der Waals surface area contributed by atoms with Crippen molar-refractivity contribution in [2.45, 2.75) is 62.4 Å². The van der Waals surface area contributed by atoms with Crippen LogP contribution in [0.3, 0.4) is 0 Å². The Balaban J connectivity index is 1.49. The summed E-state index contributed by atoms with van der Waals surface area (Å²) in [4.78, 5) is 0.394. The molecule has 1 N–H and O–H groups in total. The topological polar surface area (TPSA) is 46.2 Å². The first-order chi connectivity index (χ1) is 10.5. The van der Waals surface area contributed by atoms with E-state index in [1.165, 1.54) is 51.2 Å². The van der Waals surface area contributed by atoms with Crippen LogP contribution in [0.25, 0.3) is 0 Å². The van der Waals surface area contributed by atoms with Crippen LogP contribution in [-0.2, 0) is 16.4 Å². The number of hydrogen-bond donors (Lipinski definition) is 1. The van der Waals surface area contributed by atoms with Crippen LogP contribution < -0.4 is 5.32 Å². The Morgan fingerprint density at radius 1 is 1.00 bits per heavy atom. The van der Waals surface area contributed by atoms with E-state index < -0.39 is 9.84 Å². The zero-order valence-corrected chi connectivity index (χ0v) is 14.1. The van der Waals surface area contributed by atoms with Gasteiger partial charge in [0, 0.05) is 18.8 Å². The third kappa shape index (κ3) is 3.79. The highest BCUT2D eigenvalue weighted by Crippen LogP contribution is 2.35. The fourth-order valence-electron chi connectivity index (χ4n) is 3.35. The van der Waals surface area contributed by atoms with E-state index in [2.05, 4.69) is 5.32 Å². The van der Waals surface area contributed by atoms with Gasteiger partial charge < -0.3 is 5.32 Å². The molecule has 0 atom stereocenters. The molecule has 4 heteroatoms. The molecule has 0 aliphatic heterocycles. The Kier molecular flexibility index (Phi) is 4.69. The van der Waals surface area contributed by atoms with Crippen molar-refractivity contribution in [3.8, 4) is 0 Å². The average Bonchev–Trinajstić information content (AvgIpc) is 2.44. The molecule has 0 unspecified atom stereocenters. The van der Waals surface area contributed by atoms with Gasteiger partial charge in [-0.2, -0.15) is 0 Å². The molecule has 0 aromatic heterocycles. The molecule has 2 fully saturated rings. The summed E-state index contributed by atoms with van der Waals surface area (Å²) in [7, 11) is -3.09. The molecule has 0 heterocycles. The minimum Gasteiger partial charge on any atom is -0.310 e. The monoisotopic (exact) mass is 319 g/mol. The van der Waals surface area contributed by atoms with Gasteiger partial charge in [0.2, 0.25) is 0 Å². The molecule has 0 spiro atoms. The summed E-state index contributed by atoms with van der Waals surface area (Å²) in [6, 6.07) is 7.82. The van der Waals surface area contributed by atoms with E-state index in [1.807, 2.05) is 12.1 Å². The second kappa shape index (κ2) is 6.55. The van der Waals surface area contributed by atoms with Crippen molar-refractivity contribution in [3.63, 3.8) is 0 Å². The molecular weight excluding hydrogens is 294 g/mol. The van der Waals surface area contributed by atoms with Crippen LogP contribution in [-0.4, -0.2) is 20.7 Å². The lowest BCUT2D eigenvalue weighted by Crippen LogP contribution is -2.31. The van der Waals surface area contributed by atoms with Crippen molar-refractivity contribution >= 4 is 9.84 Å². The SMILES string of the molecule is CS(=O)(=O)c1ccc(CNC2CCC(=C3CCC3)CC2)cc1. The lowest BCUT2D eigenvalue weighted by molar-refractivity contribution is 0.410. The Hall–Kier alpha value is -1.13. The normalized spacial score (nSPS) is 22.5. The molecular formula is C18H25NO2S. The fraction of sp³-hybridized carbons (Fsp3) is 0.556. The second-order valence-electron chi connectivity index (χ2n) is 6.63. The first kappa shape index (κ1) is 15.8. The molecule has 120 valence electrons. The highest BCUT2D eigenvalue weighted by Gasteiger charge is 2.21. The summed E-state index contributed by atoms with van der Waals surface area (Å²) in [5.74, 6) is 0. The van der Waals surface area contributed by atoms with Crippen LogP contribution in [0.5, 0.6) is 0 Å². The van der Waals surface area contributed by atoms with Gasteiger partial charge in [-0.25, -0.2) is 8.42 Å². The average molecular weight is 319 g/mol. The summed E-state index contributed by atoms with van der Waals surface area (Å²) in [6.45, 7) is 0.820. The first-order valence-corrected chi connectivity index (χ1v) is 10.1. The first-order valence-electron chi connectivity index (χ1n) is 8.24. The molecule has 3 nitrogen and oxygen atoms in total. The number of nitrogens with one attached hydrogen (secondary N) is 1. The summed E-state index contributed by atoms with van der Waals surface area (Å²) in [5.41, 5.74) is 4.63. The maximum Gasteiger partial charge on any atom is 0.175 e. The van der Waals surface area contributed by atoms with Crippen molar-refractivity contribution in [1.82, 2.24) is 5.32 Å². The number of benzene rings is 1. The molecule has 0 amide bonds. The molecule has 1 aromatic rings. The van der Waals surface area contributed by atoms with Gasteiger partial charge in [0.25, 0.3) is 0 Å². The van der Waals surface area contributed by atoms with E-state index in [0.717, 1.165) is 12.1 Å². The highest BCUT2D eigenvalue weighted by molar-refractivity contribution is 7.90. The van der Waals surface area contributed by atoms with Crippen LogP contribution in [0.15, 0.2) is 40.3 Å². The van der Waals surface area contributed by atoms with Crippen molar-refractivity contribution in [2.75, 3.05) is 6.26 Å². The number of rotatable bonds is 4. The van der Waals surface area contributed by atoms with E-state index in [9.17, 15) is 8.42 Å². The zero-order valence-electron chi connectivity index (χ0n) is 13.3. The van der Waals surface area contributed by atoms with Crippen LogP contribution in [0.4, 0.5) is 0 Å². The van der Waals surface area contributed by atoms with Gasteiger partial charge in [0.05, 0.1) is 4.90 Å². The summed E-state index contributed by atoms with van der Waals surface area (Å²) < 4.78 is 22.9. The molecule has 2 aliphatic rings. The Morgan fingerprint density at radius 3 is 2.09 bits per heavy atom. The predicted octanol–water partition coefficient (Wildman–Crippen LogP) is 3.60. The zero-order chi connectivity index (χ0) is 15.6. The van der Waals surface area contributed by atoms with Gasteiger partial charge in [-0.1, -0.05) is 23.3 Å². The maximum atomic E-state index is 11.4. The van der Waals surface area contributed by atoms with Crippen molar-refractivity contribution < 1.29 is 8.42 Å². The minimum absolute atomic E-state index is 0.394. The van der Waals surface area contributed by atoms with Gasteiger partial charge in [-0.05, 0) is 62.6 Å². The lowest BCUT2D eigenvalue weighted by atomic mass is 9.80.